The number of amides is 1. The Morgan fingerprint density at radius 1 is 1.22 bits per heavy atom. The number of anilines is 1. The molecule has 5 heteroatoms. The van der Waals surface area contributed by atoms with Crippen LogP contribution in [-0.2, 0) is 9.53 Å². The Labute approximate surface area is 161 Å². The van der Waals surface area contributed by atoms with Gasteiger partial charge in [-0.3, -0.25) is 4.79 Å². The predicted octanol–water partition coefficient (Wildman–Crippen LogP) is 3.49. The van der Waals surface area contributed by atoms with Crippen molar-refractivity contribution in [3.8, 4) is 0 Å². The number of hydrogen-bond acceptors (Lipinski definition) is 4. The lowest BCUT2D eigenvalue weighted by Crippen LogP contribution is -2.51. The Hall–Kier alpha value is -2.14. The molecule has 3 heterocycles. The normalized spacial score (nSPS) is 20.7. The van der Waals surface area contributed by atoms with Crippen LogP contribution in [0.15, 0.2) is 24.3 Å². The quantitative estimate of drug-likeness (QED) is 0.833. The van der Waals surface area contributed by atoms with Gasteiger partial charge in [0.2, 0.25) is 0 Å². The molecule has 4 rings (SSSR count). The summed E-state index contributed by atoms with van der Waals surface area (Å²) in [6.45, 7) is 10.4. The van der Waals surface area contributed by atoms with Crippen LogP contribution < -0.4 is 4.90 Å². The summed E-state index contributed by atoms with van der Waals surface area (Å²) in [5, 5.41) is 1.23. The fourth-order valence-corrected chi connectivity index (χ4v) is 4.18. The lowest BCUT2D eigenvalue weighted by molar-refractivity contribution is -0.141. The van der Waals surface area contributed by atoms with Gasteiger partial charge in [0.05, 0.1) is 5.52 Å². The molecule has 5 nitrogen and oxygen atoms in total. The first-order valence-corrected chi connectivity index (χ1v) is 10.1. The van der Waals surface area contributed by atoms with Gasteiger partial charge in [-0.15, -0.1) is 0 Å². The fraction of sp³-hybridized carbons (Fsp3) is 0.545. The van der Waals surface area contributed by atoms with Gasteiger partial charge in [-0.25, -0.2) is 4.98 Å². The summed E-state index contributed by atoms with van der Waals surface area (Å²) < 4.78 is 5.56. The number of nitrogens with zero attached hydrogens (tertiary/aromatic N) is 3. The van der Waals surface area contributed by atoms with Gasteiger partial charge >= 0.3 is 0 Å². The van der Waals surface area contributed by atoms with Crippen LogP contribution in [0.3, 0.4) is 0 Å². The van der Waals surface area contributed by atoms with Gasteiger partial charge in [-0.05, 0) is 42.9 Å². The topological polar surface area (TPSA) is 45.7 Å². The Bertz CT molecular complexity index is 835. The third-order valence-corrected chi connectivity index (χ3v) is 5.81. The van der Waals surface area contributed by atoms with Crippen molar-refractivity contribution in [2.24, 2.45) is 0 Å². The molecule has 144 valence electrons. The molecule has 0 saturated carbocycles. The minimum Gasteiger partial charge on any atom is -0.368 e. The third-order valence-electron chi connectivity index (χ3n) is 5.81. The van der Waals surface area contributed by atoms with Gasteiger partial charge in [-0.2, -0.15) is 0 Å². The van der Waals surface area contributed by atoms with E-state index in [1.54, 1.807) is 0 Å². The van der Waals surface area contributed by atoms with Crippen LogP contribution in [0.1, 0.15) is 43.7 Å². The lowest BCUT2D eigenvalue weighted by Gasteiger charge is -2.36. The average molecular weight is 367 g/mol. The molecule has 2 fully saturated rings. The van der Waals surface area contributed by atoms with Crippen molar-refractivity contribution < 1.29 is 9.53 Å². The zero-order valence-electron chi connectivity index (χ0n) is 16.6. The number of rotatable bonds is 3. The zero-order chi connectivity index (χ0) is 19.0. The molecule has 0 aliphatic carbocycles. The van der Waals surface area contributed by atoms with Gasteiger partial charge in [-0.1, -0.05) is 32.0 Å². The largest absolute Gasteiger partial charge is 0.368 e. The highest BCUT2D eigenvalue weighted by molar-refractivity contribution is 5.87. The van der Waals surface area contributed by atoms with E-state index in [1.165, 1.54) is 16.5 Å². The van der Waals surface area contributed by atoms with Gasteiger partial charge in [0, 0.05) is 38.2 Å². The molecule has 2 saturated heterocycles. The molecule has 2 aliphatic heterocycles. The molecule has 2 aliphatic rings. The SMILES string of the molecule is Cc1cc(N2CCN(C(=O)[C@@H]3CCCO3)CC2)nc2c(C(C)C)cccc12. The van der Waals surface area contributed by atoms with E-state index < -0.39 is 0 Å². The summed E-state index contributed by atoms with van der Waals surface area (Å²) in [5.41, 5.74) is 3.67. The monoisotopic (exact) mass is 367 g/mol. The highest BCUT2D eigenvalue weighted by Gasteiger charge is 2.30. The van der Waals surface area contributed by atoms with Crippen LogP contribution in [-0.4, -0.2) is 54.7 Å². The second-order valence-electron chi connectivity index (χ2n) is 8.01. The van der Waals surface area contributed by atoms with Gasteiger partial charge in [0.1, 0.15) is 11.9 Å². The maximum atomic E-state index is 12.6. The Kier molecular flexibility index (Phi) is 5.04. The molecule has 0 spiro atoms. The maximum Gasteiger partial charge on any atom is 0.251 e. The first-order chi connectivity index (χ1) is 13.0. The number of pyridine rings is 1. The van der Waals surface area contributed by atoms with E-state index in [9.17, 15) is 4.79 Å². The van der Waals surface area contributed by atoms with Gasteiger partial charge in [0.25, 0.3) is 5.91 Å². The lowest BCUT2D eigenvalue weighted by atomic mass is 9.98. The van der Waals surface area contributed by atoms with Crippen molar-refractivity contribution in [3.63, 3.8) is 0 Å². The molecule has 0 bridgehead atoms. The Balaban J connectivity index is 1.53. The Morgan fingerprint density at radius 3 is 2.67 bits per heavy atom. The van der Waals surface area contributed by atoms with E-state index in [0.29, 0.717) is 5.92 Å². The van der Waals surface area contributed by atoms with E-state index in [4.69, 9.17) is 9.72 Å². The minimum atomic E-state index is -0.216. The second-order valence-corrected chi connectivity index (χ2v) is 8.01. The van der Waals surface area contributed by atoms with Gasteiger partial charge in [0.15, 0.2) is 0 Å². The number of piperazine rings is 1. The molecule has 27 heavy (non-hydrogen) atoms. The van der Waals surface area contributed by atoms with Crippen LogP contribution in [0.5, 0.6) is 0 Å². The summed E-state index contributed by atoms with van der Waals surface area (Å²) in [4.78, 5) is 21.9. The van der Waals surface area contributed by atoms with E-state index in [0.717, 1.165) is 57.0 Å². The minimum absolute atomic E-state index is 0.164. The number of aryl methyl sites for hydroxylation is 1. The van der Waals surface area contributed by atoms with Crippen molar-refractivity contribution in [3.05, 3.63) is 35.4 Å². The first-order valence-electron chi connectivity index (χ1n) is 10.1. The number of ether oxygens (including phenoxy) is 1. The molecule has 0 N–H and O–H groups in total. The number of benzene rings is 1. The molecule has 0 unspecified atom stereocenters. The number of aromatic nitrogens is 1. The fourth-order valence-electron chi connectivity index (χ4n) is 4.18. The van der Waals surface area contributed by atoms with E-state index in [2.05, 4.69) is 49.9 Å². The summed E-state index contributed by atoms with van der Waals surface area (Å²) >= 11 is 0. The van der Waals surface area contributed by atoms with Crippen LogP contribution in [0.4, 0.5) is 5.82 Å². The number of hydrogen-bond donors (Lipinski definition) is 0. The molecular weight excluding hydrogens is 338 g/mol. The molecule has 1 amide bonds. The second kappa shape index (κ2) is 7.47. The standard InChI is InChI=1S/C22H29N3O2/c1-15(2)17-6-4-7-18-16(3)14-20(23-21(17)18)24-9-11-25(12-10-24)22(26)19-8-5-13-27-19/h4,6-7,14-15,19H,5,8-13H2,1-3H3/t19-/m0/s1. The van der Waals surface area contributed by atoms with Crippen molar-refractivity contribution in [1.82, 2.24) is 9.88 Å². The predicted molar refractivity (Wildman–Crippen MR) is 108 cm³/mol. The van der Waals surface area contributed by atoms with E-state index in [1.807, 2.05) is 4.90 Å². The highest BCUT2D eigenvalue weighted by Crippen LogP contribution is 2.29. The van der Waals surface area contributed by atoms with Crippen molar-refractivity contribution in [2.45, 2.75) is 45.6 Å². The van der Waals surface area contributed by atoms with Crippen LogP contribution in [0, 0.1) is 6.92 Å². The van der Waals surface area contributed by atoms with Crippen molar-refractivity contribution >= 4 is 22.6 Å². The van der Waals surface area contributed by atoms with Crippen molar-refractivity contribution in [1.29, 1.82) is 0 Å². The number of carbonyl (C=O) groups is 1. The van der Waals surface area contributed by atoms with Crippen LogP contribution in [0.2, 0.25) is 0 Å². The smallest absolute Gasteiger partial charge is 0.251 e. The summed E-state index contributed by atoms with van der Waals surface area (Å²) in [6, 6.07) is 8.65. The maximum absolute atomic E-state index is 12.6. The summed E-state index contributed by atoms with van der Waals surface area (Å²) in [6.07, 6.45) is 1.64. The summed E-state index contributed by atoms with van der Waals surface area (Å²) in [7, 11) is 0. The number of fused-ring (bicyclic) bond motifs is 1. The third kappa shape index (κ3) is 3.53. The average Bonchev–Trinajstić information content (AvgIpc) is 3.22. The molecule has 1 atom stereocenters. The van der Waals surface area contributed by atoms with Crippen molar-refractivity contribution in [2.75, 3.05) is 37.7 Å². The molecule has 1 aromatic carbocycles. The van der Waals surface area contributed by atoms with Crippen LogP contribution in [0.25, 0.3) is 10.9 Å². The zero-order valence-corrected chi connectivity index (χ0v) is 16.6. The molecular formula is C22H29N3O2. The molecule has 1 aromatic heterocycles. The van der Waals surface area contributed by atoms with Crippen LogP contribution >= 0.6 is 0 Å². The number of carbonyl (C=O) groups excluding carboxylic acids is 1. The van der Waals surface area contributed by atoms with Gasteiger partial charge < -0.3 is 14.5 Å². The molecule has 0 radical (unpaired) electrons. The molecule has 2 aromatic rings. The van der Waals surface area contributed by atoms with E-state index in [-0.39, 0.29) is 12.0 Å². The highest BCUT2D eigenvalue weighted by atomic mass is 16.5. The summed E-state index contributed by atoms with van der Waals surface area (Å²) in [5.74, 6) is 1.63. The first kappa shape index (κ1) is 18.2. The number of para-hydroxylation sites is 1. The van der Waals surface area contributed by atoms with E-state index >= 15 is 0 Å². The Morgan fingerprint density at radius 2 is 2.00 bits per heavy atom.